The largest absolute Gasteiger partial charge is 0.298 e. The van der Waals surface area contributed by atoms with Crippen LogP contribution in [0.15, 0.2) is 59.4 Å². The molecule has 0 fully saturated rings. The number of hydrogen-bond acceptors (Lipinski definition) is 2. The van der Waals surface area contributed by atoms with Crippen LogP contribution in [0.5, 0.6) is 0 Å². The van der Waals surface area contributed by atoms with Crippen molar-refractivity contribution in [1.82, 2.24) is 9.36 Å². The molecule has 0 saturated carbocycles. The lowest BCUT2D eigenvalue weighted by Gasteiger charge is -2.14. The molecule has 0 aliphatic rings. The van der Waals surface area contributed by atoms with Crippen LogP contribution in [0.2, 0.25) is 0 Å². The average Bonchev–Trinajstić information content (AvgIpc) is 2.98. The Morgan fingerprint density at radius 3 is 1.80 bits per heavy atom. The molecular weight excluding hydrogens is 400 g/mol. The van der Waals surface area contributed by atoms with Crippen LogP contribution in [-0.2, 0) is 13.1 Å². The topological polar surface area (TPSA) is 44.0 Å². The van der Waals surface area contributed by atoms with E-state index in [4.69, 9.17) is 0 Å². The van der Waals surface area contributed by atoms with E-state index in [9.17, 15) is 27.2 Å². The van der Waals surface area contributed by atoms with Crippen LogP contribution in [0.1, 0.15) is 21.5 Å². The van der Waals surface area contributed by atoms with Crippen LogP contribution in [0, 0.1) is 23.3 Å². The molecule has 0 amide bonds. The van der Waals surface area contributed by atoms with Gasteiger partial charge in [0, 0.05) is 5.56 Å². The Morgan fingerprint density at radius 2 is 1.27 bits per heavy atom. The van der Waals surface area contributed by atoms with Gasteiger partial charge in [-0.3, -0.25) is 14.3 Å². The molecule has 1 heterocycles. The molecule has 0 saturated heterocycles. The number of nitrogens with zero attached hydrogens (tertiary/aromatic N) is 2. The molecule has 0 atom stereocenters. The van der Waals surface area contributed by atoms with Gasteiger partial charge < -0.3 is 0 Å². The molecule has 4 rings (SSSR count). The van der Waals surface area contributed by atoms with Crippen molar-refractivity contribution >= 4 is 17.2 Å². The van der Waals surface area contributed by atoms with Crippen LogP contribution in [0.4, 0.5) is 17.6 Å². The first-order valence-electron chi connectivity index (χ1n) is 8.94. The maximum atomic E-state index is 13.7. The molecule has 30 heavy (non-hydrogen) atoms. The van der Waals surface area contributed by atoms with E-state index in [1.54, 1.807) is 6.07 Å². The van der Waals surface area contributed by atoms with Crippen LogP contribution in [-0.4, -0.2) is 15.6 Å². The minimum Gasteiger partial charge on any atom is -0.298 e. The number of hydrogen-bond donors (Lipinski definition) is 0. The van der Waals surface area contributed by atoms with Crippen molar-refractivity contribution in [2.75, 3.05) is 0 Å². The van der Waals surface area contributed by atoms with Crippen molar-refractivity contribution in [1.29, 1.82) is 0 Å². The van der Waals surface area contributed by atoms with Gasteiger partial charge in [0.05, 0.1) is 24.0 Å². The van der Waals surface area contributed by atoms with Crippen LogP contribution in [0.3, 0.4) is 0 Å². The third-order valence-corrected chi connectivity index (χ3v) is 4.82. The Hall–Kier alpha value is -3.68. The summed E-state index contributed by atoms with van der Waals surface area (Å²) < 4.78 is 56.6. The fourth-order valence-corrected chi connectivity index (χ4v) is 3.35. The normalized spacial score (nSPS) is 11.2. The second-order valence-electron chi connectivity index (χ2n) is 6.81. The summed E-state index contributed by atoms with van der Waals surface area (Å²) in [6.45, 7) is -0.0785. The van der Waals surface area contributed by atoms with Gasteiger partial charge >= 0.3 is 0 Å². The molecule has 1 aromatic heterocycles. The minimum absolute atomic E-state index is 0.0139. The Bertz CT molecular complexity index is 1340. The quantitative estimate of drug-likeness (QED) is 0.362. The SMILES string of the molecule is O=Cc1ccc2c(c1)c(=O)n(Cc1ccc(F)c(F)c1)n2Cc1ccc(F)c(F)c1. The highest BCUT2D eigenvalue weighted by Gasteiger charge is 2.16. The van der Waals surface area contributed by atoms with Crippen molar-refractivity contribution < 1.29 is 22.4 Å². The molecule has 8 heteroatoms. The lowest BCUT2D eigenvalue weighted by molar-refractivity contribution is 0.112. The molecule has 4 aromatic rings. The van der Waals surface area contributed by atoms with E-state index in [0.717, 1.165) is 24.3 Å². The summed E-state index contributed by atoms with van der Waals surface area (Å²) in [7, 11) is 0. The number of halogens is 4. The van der Waals surface area contributed by atoms with Gasteiger partial charge in [-0.2, -0.15) is 0 Å². The van der Waals surface area contributed by atoms with Crippen molar-refractivity contribution in [3.63, 3.8) is 0 Å². The van der Waals surface area contributed by atoms with Crippen molar-refractivity contribution in [3.8, 4) is 0 Å². The monoisotopic (exact) mass is 414 g/mol. The number of aldehydes is 1. The molecule has 0 N–H and O–H groups in total. The Balaban J connectivity index is 1.87. The highest BCUT2D eigenvalue weighted by molar-refractivity contribution is 5.86. The zero-order valence-corrected chi connectivity index (χ0v) is 15.4. The van der Waals surface area contributed by atoms with Gasteiger partial charge in [0.1, 0.15) is 6.29 Å². The number of rotatable bonds is 5. The first-order valence-corrected chi connectivity index (χ1v) is 8.94. The fourth-order valence-electron chi connectivity index (χ4n) is 3.35. The van der Waals surface area contributed by atoms with Crippen LogP contribution in [0.25, 0.3) is 10.9 Å². The van der Waals surface area contributed by atoms with Gasteiger partial charge in [0.2, 0.25) is 0 Å². The van der Waals surface area contributed by atoms with E-state index in [1.807, 2.05) is 0 Å². The molecule has 0 aliphatic carbocycles. The summed E-state index contributed by atoms with van der Waals surface area (Å²) >= 11 is 0. The van der Waals surface area contributed by atoms with Gasteiger partial charge in [-0.05, 0) is 53.6 Å². The lowest BCUT2D eigenvalue weighted by Crippen LogP contribution is -2.24. The number of carbonyl (C=O) groups is 1. The Morgan fingerprint density at radius 1 is 0.700 bits per heavy atom. The average molecular weight is 414 g/mol. The standard InChI is InChI=1S/C22H14F4N2O2/c23-17-4-1-13(8-19(17)25)10-27-21-6-3-15(12-29)7-16(21)22(30)28(27)11-14-2-5-18(24)20(26)9-14/h1-9,12H,10-11H2. The maximum absolute atomic E-state index is 13.7. The van der Waals surface area contributed by atoms with Crippen molar-refractivity contribution in [2.24, 2.45) is 0 Å². The molecule has 0 unspecified atom stereocenters. The number of carbonyl (C=O) groups excluding carboxylic acids is 1. The van der Waals surface area contributed by atoms with Crippen LogP contribution >= 0.6 is 0 Å². The third kappa shape index (κ3) is 3.52. The molecule has 0 spiro atoms. The van der Waals surface area contributed by atoms with Gasteiger partial charge in [0.25, 0.3) is 5.56 Å². The smallest absolute Gasteiger partial charge is 0.274 e. The first kappa shape index (κ1) is 19.6. The minimum atomic E-state index is -1.05. The maximum Gasteiger partial charge on any atom is 0.274 e. The lowest BCUT2D eigenvalue weighted by atomic mass is 10.1. The fraction of sp³-hybridized carbons (Fsp3) is 0.0909. The molecule has 152 valence electrons. The predicted molar refractivity (Wildman–Crippen MR) is 103 cm³/mol. The van der Waals surface area contributed by atoms with Gasteiger partial charge in [-0.15, -0.1) is 0 Å². The van der Waals surface area contributed by atoms with E-state index in [1.165, 1.54) is 33.6 Å². The summed E-state index contributed by atoms with van der Waals surface area (Å²) in [5, 5.41) is 0.241. The first-order chi connectivity index (χ1) is 14.4. The van der Waals surface area contributed by atoms with Crippen molar-refractivity contribution in [3.05, 3.63) is 105 Å². The van der Waals surface area contributed by atoms with Crippen molar-refractivity contribution in [2.45, 2.75) is 13.1 Å². The Labute approximate surface area is 167 Å². The number of benzene rings is 3. The van der Waals surface area contributed by atoms with E-state index in [2.05, 4.69) is 0 Å². The second-order valence-corrected chi connectivity index (χ2v) is 6.81. The highest BCUT2D eigenvalue weighted by Crippen LogP contribution is 2.18. The summed E-state index contributed by atoms with van der Waals surface area (Å²) in [5.74, 6) is -4.08. The van der Waals surface area contributed by atoms with E-state index in [-0.39, 0.29) is 18.5 Å². The Kier molecular flexibility index (Phi) is 4.99. The molecule has 4 nitrogen and oxygen atoms in total. The summed E-state index contributed by atoms with van der Waals surface area (Å²) in [6.07, 6.45) is 0.602. The van der Waals surface area contributed by atoms with E-state index < -0.39 is 28.8 Å². The van der Waals surface area contributed by atoms with Gasteiger partial charge in [-0.25, -0.2) is 22.2 Å². The molecule has 3 aromatic carbocycles. The summed E-state index contributed by atoms with van der Waals surface area (Å²) in [6, 6.07) is 11.2. The van der Waals surface area contributed by atoms with E-state index in [0.29, 0.717) is 28.5 Å². The number of aromatic nitrogens is 2. The molecule has 0 bridgehead atoms. The molecule has 0 radical (unpaired) electrons. The predicted octanol–water partition coefficient (Wildman–Crippen LogP) is 4.27. The van der Waals surface area contributed by atoms with Gasteiger partial charge in [0.15, 0.2) is 23.3 Å². The molecule has 0 aliphatic heterocycles. The summed E-state index contributed by atoms with van der Waals surface area (Å²) in [4.78, 5) is 24.1. The van der Waals surface area contributed by atoms with Gasteiger partial charge in [-0.1, -0.05) is 12.1 Å². The summed E-state index contributed by atoms with van der Waals surface area (Å²) in [5.41, 5.74) is 1.02. The third-order valence-electron chi connectivity index (χ3n) is 4.82. The number of fused-ring (bicyclic) bond motifs is 1. The zero-order valence-electron chi connectivity index (χ0n) is 15.4. The van der Waals surface area contributed by atoms with Crippen LogP contribution < -0.4 is 5.56 Å². The zero-order chi connectivity index (χ0) is 21.4. The second kappa shape index (κ2) is 7.62. The highest BCUT2D eigenvalue weighted by atomic mass is 19.2. The molecular formula is C22H14F4N2O2. The van der Waals surface area contributed by atoms with E-state index >= 15 is 0 Å².